The van der Waals surface area contributed by atoms with Crippen LogP contribution < -0.4 is 10.6 Å². The van der Waals surface area contributed by atoms with E-state index in [1.165, 1.54) is 44.9 Å². The molecule has 2 N–H and O–H groups in total. The van der Waals surface area contributed by atoms with Crippen LogP contribution in [0.15, 0.2) is 4.99 Å². The molecule has 0 amide bonds. The van der Waals surface area contributed by atoms with Gasteiger partial charge in [0.2, 0.25) is 0 Å². The lowest BCUT2D eigenvalue weighted by Crippen LogP contribution is -2.37. The van der Waals surface area contributed by atoms with Gasteiger partial charge in [0.15, 0.2) is 5.96 Å². The van der Waals surface area contributed by atoms with E-state index in [-0.39, 0.29) is 0 Å². The van der Waals surface area contributed by atoms with Crippen molar-refractivity contribution < 1.29 is 0 Å². The van der Waals surface area contributed by atoms with Crippen molar-refractivity contribution in [3.05, 3.63) is 0 Å². The summed E-state index contributed by atoms with van der Waals surface area (Å²) in [6.45, 7) is 4.08. The average Bonchev–Trinajstić information content (AvgIpc) is 2.34. The SMILES string of the molecule is CCNC(=NC)NCCCC1CCCCC1. The molecular weight excluding hydrogens is 198 g/mol. The Morgan fingerprint density at radius 1 is 1.19 bits per heavy atom. The largest absolute Gasteiger partial charge is 0.357 e. The lowest BCUT2D eigenvalue weighted by molar-refractivity contribution is 0.332. The van der Waals surface area contributed by atoms with E-state index < -0.39 is 0 Å². The second-order valence-electron chi connectivity index (χ2n) is 4.68. The Hall–Kier alpha value is -0.730. The van der Waals surface area contributed by atoms with Crippen LogP contribution in [-0.2, 0) is 0 Å². The van der Waals surface area contributed by atoms with Crippen LogP contribution in [0, 0.1) is 5.92 Å². The summed E-state index contributed by atoms with van der Waals surface area (Å²) in [5.41, 5.74) is 0. The van der Waals surface area contributed by atoms with Gasteiger partial charge in [-0.1, -0.05) is 32.1 Å². The van der Waals surface area contributed by atoms with E-state index in [2.05, 4.69) is 22.5 Å². The van der Waals surface area contributed by atoms with E-state index in [0.717, 1.165) is 25.0 Å². The Morgan fingerprint density at radius 3 is 2.56 bits per heavy atom. The molecule has 1 saturated carbocycles. The van der Waals surface area contributed by atoms with Gasteiger partial charge in [-0.05, 0) is 25.7 Å². The van der Waals surface area contributed by atoms with Gasteiger partial charge in [-0.25, -0.2) is 0 Å². The summed E-state index contributed by atoms with van der Waals surface area (Å²) in [4.78, 5) is 4.16. The fraction of sp³-hybridized carbons (Fsp3) is 0.923. The molecule has 3 nitrogen and oxygen atoms in total. The second-order valence-corrected chi connectivity index (χ2v) is 4.68. The number of aliphatic imine (C=N–C) groups is 1. The zero-order valence-electron chi connectivity index (χ0n) is 10.9. The van der Waals surface area contributed by atoms with Gasteiger partial charge in [-0.2, -0.15) is 0 Å². The molecule has 0 aromatic heterocycles. The fourth-order valence-electron chi connectivity index (χ4n) is 2.46. The van der Waals surface area contributed by atoms with Crippen molar-refractivity contribution in [3.63, 3.8) is 0 Å². The first-order valence-corrected chi connectivity index (χ1v) is 6.81. The highest BCUT2D eigenvalue weighted by atomic mass is 15.2. The van der Waals surface area contributed by atoms with Crippen LogP contribution in [0.3, 0.4) is 0 Å². The molecule has 1 aliphatic rings. The molecule has 3 heteroatoms. The molecule has 0 saturated heterocycles. The van der Waals surface area contributed by atoms with E-state index in [1.807, 2.05) is 7.05 Å². The van der Waals surface area contributed by atoms with Gasteiger partial charge in [-0.3, -0.25) is 4.99 Å². The van der Waals surface area contributed by atoms with Crippen molar-refractivity contribution in [2.75, 3.05) is 20.1 Å². The third-order valence-corrected chi connectivity index (χ3v) is 3.37. The maximum absolute atomic E-state index is 4.16. The van der Waals surface area contributed by atoms with Crippen LogP contribution in [0.5, 0.6) is 0 Å². The van der Waals surface area contributed by atoms with Crippen LogP contribution in [0.2, 0.25) is 0 Å². The number of nitrogens with one attached hydrogen (secondary N) is 2. The van der Waals surface area contributed by atoms with Gasteiger partial charge in [0.25, 0.3) is 0 Å². The van der Waals surface area contributed by atoms with Gasteiger partial charge >= 0.3 is 0 Å². The zero-order chi connectivity index (χ0) is 11.6. The Kier molecular flexibility index (Phi) is 7.02. The summed E-state index contributed by atoms with van der Waals surface area (Å²) in [6.07, 6.45) is 9.95. The predicted molar refractivity (Wildman–Crippen MR) is 70.8 cm³/mol. The Bertz CT molecular complexity index is 195. The Labute approximate surface area is 100 Å². The molecule has 1 rings (SSSR count). The molecule has 16 heavy (non-hydrogen) atoms. The van der Waals surface area contributed by atoms with Crippen LogP contribution in [-0.4, -0.2) is 26.1 Å². The quantitative estimate of drug-likeness (QED) is 0.428. The predicted octanol–water partition coefficient (Wildman–Crippen LogP) is 2.53. The maximum atomic E-state index is 4.16. The van der Waals surface area contributed by atoms with Crippen LogP contribution in [0.25, 0.3) is 0 Å². The van der Waals surface area contributed by atoms with Gasteiger partial charge in [-0.15, -0.1) is 0 Å². The molecule has 0 aromatic rings. The number of guanidine groups is 1. The molecule has 0 spiro atoms. The lowest BCUT2D eigenvalue weighted by Gasteiger charge is -2.21. The average molecular weight is 225 g/mol. The number of rotatable bonds is 5. The third kappa shape index (κ3) is 5.38. The second kappa shape index (κ2) is 8.43. The molecule has 0 heterocycles. The summed E-state index contributed by atoms with van der Waals surface area (Å²) in [7, 11) is 1.83. The first kappa shape index (κ1) is 13.3. The number of nitrogens with zero attached hydrogens (tertiary/aromatic N) is 1. The highest BCUT2D eigenvalue weighted by molar-refractivity contribution is 5.79. The molecule has 94 valence electrons. The molecular formula is C13H27N3. The summed E-state index contributed by atoms with van der Waals surface area (Å²) in [5, 5.41) is 6.56. The van der Waals surface area contributed by atoms with Crippen molar-refractivity contribution in [3.8, 4) is 0 Å². The summed E-state index contributed by atoms with van der Waals surface area (Å²) in [5.74, 6) is 1.93. The monoisotopic (exact) mass is 225 g/mol. The molecule has 1 aliphatic carbocycles. The molecule has 0 atom stereocenters. The summed E-state index contributed by atoms with van der Waals surface area (Å²) in [6, 6.07) is 0. The first-order chi connectivity index (χ1) is 7.86. The van der Waals surface area contributed by atoms with E-state index in [4.69, 9.17) is 0 Å². The van der Waals surface area contributed by atoms with Crippen molar-refractivity contribution in [2.45, 2.75) is 51.9 Å². The van der Waals surface area contributed by atoms with E-state index in [1.54, 1.807) is 0 Å². The van der Waals surface area contributed by atoms with Crippen LogP contribution >= 0.6 is 0 Å². The van der Waals surface area contributed by atoms with Gasteiger partial charge in [0.05, 0.1) is 0 Å². The van der Waals surface area contributed by atoms with E-state index >= 15 is 0 Å². The minimum absolute atomic E-state index is 0.933. The van der Waals surface area contributed by atoms with Crippen molar-refractivity contribution in [1.82, 2.24) is 10.6 Å². The zero-order valence-corrected chi connectivity index (χ0v) is 10.9. The Balaban J connectivity index is 2.01. The summed E-state index contributed by atoms with van der Waals surface area (Å²) >= 11 is 0. The molecule has 1 fully saturated rings. The number of hydrogen-bond acceptors (Lipinski definition) is 1. The van der Waals surface area contributed by atoms with Crippen LogP contribution in [0.1, 0.15) is 51.9 Å². The molecule has 0 radical (unpaired) electrons. The highest BCUT2D eigenvalue weighted by Gasteiger charge is 2.12. The molecule has 0 bridgehead atoms. The van der Waals surface area contributed by atoms with Gasteiger partial charge < -0.3 is 10.6 Å². The van der Waals surface area contributed by atoms with Crippen molar-refractivity contribution in [2.24, 2.45) is 10.9 Å². The van der Waals surface area contributed by atoms with Gasteiger partial charge in [0.1, 0.15) is 0 Å². The Morgan fingerprint density at radius 2 is 1.94 bits per heavy atom. The fourth-order valence-corrected chi connectivity index (χ4v) is 2.46. The number of hydrogen-bond donors (Lipinski definition) is 2. The third-order valence-electron chi connectivity index (χ3n) is 3.37. The standard InChI is InChI=1S/C13H27N3/c1-3-15-13(14-2)16-11-7-10-12-8-5-4-6-9-12/h12H,3-11H2,1-2H3,(H2,14,15,16). The normalized spacial score (nSPS) is 18.5. The smallest absolute Gasteiger partial charge is 0.190 e. The lowest BCUT2D eigenvalue weighted by atomic mass is 9.86. The van der Waals surface area contributed by atoms with Gasteiger partial charge in [0, 0.05) is 20.1 Å². The summed E-state index contributed by atoms with van der Waals surface area (Å²) < 4.78 is 0. The molecule has 0 aromatic carbocycles. The van der Waals surface area contributed by atoms with Crippen LogP contribution in [0.4, 0.5) is 0 Å². The van der Waals surface area contributed by atoms with Crippen molar-refractivity contribution >= 4 is 5.96 Å². The minimum Gasteiger partial charge on any atom is -0.357 e. The topological polar surface area (TPSA) is 36.4 Å². The highest BCUT2D eigenvalue weighted by Crippen LogP contribution is 2.26. The van der Waals surface area contributed by atoms with Crippen molar-refractivity contribution in [1.29, 1.82) is 0 Å². The van der Waals surface area contributed by atoms with E-state index in [0.29, 0.717) is 0 Å². The molecule has 0 unspecified atom stereocenters. The minimum atomic E-state index is 0.933. The first-order valence-electron chi connectivity index (χ1n) is 6.81. The molecule has 0 aliphatic heterocycles. The van der Waals surface area contributed by atoms with E-state index in [9.17, 15) is 0 Å². The maximum Gasteiger partial charge on any atom is 0.190 e.